The highest BCUT2D eigenvalue weighted by atomic mass is 16.3. The lowest BCUT2D eigenvalue weighted by Gasteiger charge is -2.51. The van der Waals surface area contributed by atoms with Crippen molar-refractivity contribution in [3.63, 3.8) is 0 Å². The average molecular weight is 391 g/mol. The van der Waals surface area contributed by atoms with E-state index in [1.54, 1.807) is 0 Å². The number of rotatable bonds is 6. The molecule has 4 aliphatic rings. The van der Waals surface area contributed by atoms with Gasteiger partial charge in [-0.25, -0.2) is 0 Å². The first-order chi connectivity index (χ1) is 13.7. The molecule has 0 amide bonds. The molecule has 1 N–H and O–H groups in total. The van der Waals surface area contributed by atoms with E-state index in [1.807, 2.05) is 0 Å². The summed E-state index contributed by atoms with van der Waals surface area (Å²) < 4.78 is 0. The summed E-state index contributed by atoms with van der Waals surface area (Å²) in [5, 5.41) is 12.4. The van der Waals surface area contributed by atoms with E-state index < -0.39 is 5.60 Å². The van der Waals surface area contributed by atoms with Crippen molar-refractivity contribution in [1.82, 2.24) is 9.80 Å². The SMILES string of the molecule is OC1(CC2CCCCC2)C(CN2CCCCC2)CCCC1CN1CCCCC1. The maximum absolute atomic E-state index is 12.4. The Bertz CT molecular complexity index is 421. The predicted octanol–water partition coefficient (Wildman–Crippen LogP) is 5.08. The van der Waals surface area contributed by atoms with Gasteiger partial charge in [-0.05, 0) is 77.0 Å². The Morgan fingerprint density at radius 2 is 1.04 bits per heavy atom. The molecule has 2 saturated carbocycles. The van der Waals surface area contributed by atoms with Gasteiger partial charge < -0.3 is 14.9 Å². The Balaban J connectivity index is 1.47. The van der Waals surface area contributed by atoms with Crippen molar-refractivity contribution in [3.8, 4) is 0 Å². The summed E-state index contributed by atoms with van der Waals surface area (Å²) in [6.45, 7) is 7.42. The van der Waals surface area contributed by atoms with E-state index in [1.165, 1.54) is 129 Å². The number of nitrogens with zero attached hydrogens (tertiary/aromatic N) is 2. The lowest BCUT2D eigenvalue weighted by atomic mass is 9.63. The van der Waals surface area contributed by atoms with E-state index in [-0.39, 0.29) is 0 Å². The lowest BCUT2D eigenvalue weighted by molar-refractivity contribution is -0.127. The van der Waals surface area contributed by atoms with Crippen LogP contribution in [0.2, 0.25) is 0 Å². The monoisotopic (exact) mass is 390 g/mol. The zero-order chi connectivity index (χ0) is 19.2. The molecule has 3 heteroatoms. The zero-order valence-electron chi connectivity index (χ0n) is 18.4. The van der Waals surface area contributed by atoms with Gasteiger partial charge in [0.1, 0.15) is 0 Å². The van der Waals surface area contributed by atoms with E-state index in [0.29, 0.717) is 11.8 Å². The van der Waals surface area contributed by atoms with Gasteiger partial charge in [0.05, 0.1) is 5.60 Å². The lowest BCUT2D eigenvalue weighted by Crippen LogP contribution is -2.56. The Hall–Kier alpha value is -0.120. The zero-order valence-corrected chi connectivity index (χ0v) is 18.4. The summed E-state index contributed by atoms with van der Waals surface area (Å²) in [7, 11) is 0. The van der Waals surface area contributed by atoms with Crippen LogP contribution in [0.4, 0.5) is 0 Å². The Kier molecular flexibility index (Phi) is 7.74. The standard InChI is InChI=1S/C25H46N2O/c28-25(19-22-11-4-1-5-12-22)23(20-26-15-6-2-7-16-26)13-10-14-24(25)21-27-17-8-3-9-18-27/h22-24,28H,1-21H2. The summed E-state index contributed by atoms with van der Waals surface area (Å²) in [4.78, 5) is 5.40. The van der Waals surface area contributed by atoms with Crippen LogP contribution in [0.3, 0.4) is 0 Å². The number of aliphatic hydroxyl groups is 1. The molecule has 0 radical (unpaired) electrons. The smallest absolute Gasteiger partial charge is 0.0730 e. The third kappa shape index (κ3) is 5.32. The fraction of sp³-hybridized carbons (Fsp3) is 1.00. The summed E-state index contributed by atoms with van der Waals surface area (Å²) in [6, 6.07) is 0. The van der Waals surface area contributed by atoms with E-state index in [2.05, 4.69) is 9.80 Å². The van der Waals surface area contributed by atoms with Gasteiger partial charge in [-0.15, -0.1) is 0 Å². The van der Waals surface area contributed by atoms with Crippen LogP contribution in [0.1, 0.15) is 96.3 Å². The molecule has 2 saturated heterocycles. The minimum absolute atomic E-state index is 0.408. The molecule has 0 spiro atoms. The topological polar surface area (TPSA) is 26.7 Å². The highest BCUT2D eigenvalue weighted by Crippen LogP contribution is 2.46. The molecule has 28 heavy (non-hydrogen) atoms. The Labute approximate surface area is 174 Å². The molecule has 0 bridgehead atoms. The van der Waals surface area contributed by atoms with Gasteiger partial charge in [-0.3, -0.25) is 0 Å². The minimum Gasteiger partial charge on any atom is -0.389 e. The van der Waals surface area contributed by atoms with Crippen LogP contribution >= 0.6 is 0 Å². The van der Waals surface area contributed by atoms with Crippen LogP contribution in [0, 0.1) is 17.8 Å². The van der Waals surface area contributed by atoms with Crippen molar-refractivity contribution in [2.24, 2.45) is 17.8 Å². The normalized spacial score (nSPS) is 37.2. The summed E-state index contributed by atoms with van der Waals surface area (Å²) >= 11 is 0. The highest BCUT2D eigenvalue weighted by molar-refractivity contribution is 5.00. The highest BCUT2D eigenvalue weighted by Gasteiger charge is 2.48. The molecule has 2 atom stereocenters. The average Bonchev–Trinajstić information content (AvgIpc) is 2.73. The van der Waals surface area contributed by atoms with Crippen molar-refractivity contribution >= 4 is 0 Å². The van der Waals surface area contributed by atoms with Crippen molar-refractivity contribution in [2.45, 2.75) is 102 Å². The van der Waals surface area contributed by atoms with Crippen LogP contribution in [0.15, 0.2) is 0 Å². The predicted molar refractivity (Wildman–Crippen MR) is 118 cm³/mol. The van der Waals surface area contributed by atoms with Crippen molar-refractivity contribution in [1.29, 1.82) is 0 Å². The van der Waals surface area contributed by atoms with Crippen molar-refractivity contribution in [3.05, 3.63) is 0 Å². The van der Waals surface area contributed by atoms with Crippen molar-refractivity contribution in [2.75, 3.05) is 39.3 Å². The van der Waals surface area contributed by atoms with E-state index >= 15 is 0 Å². The fourth-order valence-electron chi connectivity index (χ4n) is 7.04. The molecule has 3 nitrogen and oxygen atoms in total. The third-order valence-corrected chi connectivity index (χ3v) is 8.71. The summed E-state index contributed by atoms with van der Waals surface area (Å²) in [5.41, 5.74) is -0.408. The van der Waals surface area contributed by atoms with Gasteiger partial charge in [0.15, 0.2) is 0 Å². The second-order valence-electron chi connectivity index (χ2n) is 10.7. The van der Waals surface area contributed by atoms with Crippen LogP contribution in [-0.4, -0.2) is 59.8 Å². The molecule has 2 aliphatic heterocycles. The van der Waals surface area contributed by atoms with Gasteiger partial charge >= 0.3 is 0 Å². The van der Waals surface area contributed by atoms with Crippen LogP contribution in [0.25, 0.3) is 0 Å². The third-order valence-electron chi connectivity index (χ3n) is 8.71. The molecule has 2 aliphatic carbocycles. The Morgan fingerprint density at radius 3 is 1.54 bits per heavy atom. The van der Waals surface area contributed by atoms with Gasteiger partial charge in [0.2, 0.25) is 0 Å². The first-order valence-corrected chi connectivity index (χ1v) is 12.9. The molecule has 0 aromatic carbocycles. The molecule has 4 fully saturated rings. The van der Waals surface area contributed by atoms with E-state index in [4.69, 9.17) is 0 Å². The van der Waals surface area contributed by atoms with Gasteiger partial charge in [0, 0.05) is 24.9 Å². The largest absolute Gasteiger partial charge is 0.389 e. The second kappa shape index (κ2) is 10.3. The molecule has 0 aromatic rings. The molecule has 162 valence electrons. The van der Waals surface area contributed by atoms with Crippen molar-refractivity contribution < 1.29 is 5.11 Å². The molecular formula is C25H46N2O. The van der Waals surface area contributed by atoms with E-state index in [9.17, 15) is 5.11 Å². The quantitative estimate of drug-likeness (QED) is 0.685. The molecule has 2 heterocycles. The summed E-state index contributed by atoms with van der Waals surface area (Å²) in [6.07, 6.45) is 20.2. The van der Waals surface area contributed by atoms with Crippen LogP contribution in [0.5, 0.6) is 0 Å². The summed E-state index contributed by atoms with van der Waals surface area (Å²) in [5.74, 6) is 1.80. The second-order valence-corrected chi connectivity index (χ2v) is 10.7. The number of piperidine rings is 2. The first kappa shape index (κ1) is 21.1. The van der Waals surface area contributed by atoms with E-state index in [0.717, 1.165) is 12.3 Å². The number of hydrogen-bond acceptors (Lipinski definition) is 3. The van der Waals surface area contributed by atoms with Gasteiger partial charge in [0.25, 0.3) is 0 Å². The Morgan fingerprint density at radius 1 is 0.571 bits per heavy atom. The number of hydrogen-bond donors (Lipinski definition) is 1. The molecular weight excluding hydrogens is 344 g/mol. The van der Waals surface area contributed by atoms with Crippen LogP contribution < -0.4 is 0 Å². The molecule has 4 rings (SSSR count). The van der Waals surface area contributed by atoms with Gasteiger partial charge in [-0.1, -0.05) is 51.4 Å². The maximum atomic E-state index is 12.4. The number of likely N-dealkylation sites (tertiary alicyclic amines) is 2. The molecule has 2 unspecified atom stereocenters. The minimum atomic E-state index is -0.408. The first-order valence-electron chi connectivity index (χ1n) is 12.9. The maximum Gasteiger partial charge on any atom is 0.0730 e. The van der Waals surface area contributed by atoms with Gasteiger partial charge in [-0.2, -0.15) is 0 Å². The molecule has 0 aromatic heterocycles. The van der Waals surface area contributed by atoms with Crippen LogP contribution in [-0.2, 0) is 0 Å². The fourth-order valence-corrected chi connectivity index (χ4v) is 7.04.